The Morgan fingerprint density at radius 2 is 2.09 bits per heavy atom. The van der Waals surface area contributed by atoms with E-state index in [0.717, 1.165) is 6.42 Å². The molecule has 11 heavy (non-hydrogen) atoms. The lowest BCUT2D eigenvalue weighted by Crippen LogP contribution is -3.00. The zero-order chi connectivity index (χ0) is 7.72. The molecule has 0 fully saturated rings. The first-order valence-corrected chi connectivity index (χ1v) is 5.20. The molecule has 0 aliphatic heterocycles. The minimum Gasteiger partial charge on any atom is -1.00 e. The predicted octanol–water partition coefficient (Wildman–Crippen LogP) is -0.948. The van der Waals surface area contributed by atoms with Crippen molar-refractivity contribution in [2.24, 2.45) is 7.05 Å². The van der Waals surface area contributed by atoms with Crippen LogP contribution in [0.4, 0.5) is 0 Å². The maximum atomic E-state index is 2.38. The predicted molar refractivity (Wildman–Crippen MR) is 52.3 cm³/mol. The number of hydrogen-bond acceptors (Lipinski definition) is 1. The SMILES string of the molecule is CCc1c(C)sc(I)[n+]1C.[I-]. The average molecular weight is 395 g/mol. The Kier molecular flexibility index (Phi) is 5.45. The van der Waals surface area contributed by atoms with Crippen LogP contribution in [-0.2, 0) is 13.5 Å². The van der Waals surface area contributed by atoms with Crippen molar-refractivity contribution >= 4 is 33.9 Å². The molecule has 4 heteroatoms. The molecule has 0 amide bonds. The molecule has 1 aromatic rings. The van der Waals surface area contributed by atoms with Crippen LogP contribution in [-0.4, -0.2) is 0 Å². The molecule has 0 aromatic carbocycles. The molecule has 0 radical (unpaired) electrons. The van der Waals surface area contributed by atoms with Gasteiger partial charge in [0, 0.05) is 6.42 Å². The molecule has 0 bridgehead atoms. The summed E-state index contributed by atoms with van der Waals surface area (Å²) >= 11 is 4.25. The fourth-order valence-corrected chi connectivity index (χ4v) is 3.26. The molecule has 0 atom stereocenters. The van der Waals surface area contributed by atoms with E-state index in [1.165, 1.54) is 13.6 Å². The topological polar surface area (TPSA) is 3.88 Å². The number of halogens is 2. The molecule has 0 unspecified atom stereocenters. The summed E-state index contributed by atoms with van der Waals surface area (Å²) in [6.07, 6.45) is 1.14. The second-order valence-electron chi connectivity index (χ2n) is 2.27. The second kappa shape index (κ2) is 4.96. The molecule has 1 nitrogen and oxygen atoms in total. The molecule has 64 valence electrons. The van der Waals surface area contributed by atoms with Gasteiger partial charge >= 0.3 is 0 Å². The summed E-state index contributed by atoms with van der Waals surface area (Å²) in [5.41, 5.74) is 1.47. The van der Waals surface area contributed by atoms with Crippen molar-refractivity contribution in [1.29, 1.82) is 0 Å². The number of aromatic nitrogens is 1. The Morgan fingerprint density at radius 1 is 1.55 bits per heavy atom. The van der Waals surface area contributed by atoms with Gasteiger partial charge in [0.1, 0.15) is 7.05 Å². The Balaban J connectivity index is 0.000001000. The first-order valence-electron chi connectivity index (χ1n) is 3.30. The molecule has 1 aromatic heterocycles. The highest BCUT2D eigenvalue weighted by Crippen LogP contribution is 2.16. The van der Waals surface area contributed by atoms with E-state index in [1.807, 2.05) is 11.3 Å². The molecule has 0 aliphatic carbocycles. The highest BCUT2D eigenvalue weighted by molar-refractivity contribution is 14.1. The van der Waals surface area contributed by atoms with E-state index in [0.29, 0.717) is 0 Å². The number of aryl methyl sites for hydroxylation is 1. The van der Waals surface area contributed by atoms with Crippen molar-refractivity contribution in [2.45, 2.75) is 20.3 Å². The first kappa shape index (κ1) is 12.1. The Bertz CT molecular complexity index is 245. The van der Waals surface area contributed by atoms with Gasteiger partial charge in [-0.3, -0.25) is 0 Å². The fraction of sp³-hybridized carbons (Fsp3) is 0.571. The highest BCUT2D eigenvalue weighted by atomic mass is 127. The lowest BCUT2D eigenvalue weighted by Gasteiger charge is -1.87. The van der Waals surface area contributed by atoms with Gasteiger partial charge in [0.2, 0.25) is 0 Å². The normalized spacial score (nSPS) is 9.45. The van der Waals surface area contributed by atoms with Crippen LogP contribution in [0.25, 0.3) is 0 Å². The van der Waals surface area contributed by atoms with E-state index >= 15 is 0 Å². The quantitative estimate of drug-likeness (QED) is 0.427. The van der Waals surface area contributed by atoms with Gasteiger partial charge in [-0.15, -0.1) is 0 Å². The van der Waals surface area contributed by atoms with Gasteiger partial charge < -0.3 is 24.0 Å². The van der Waals surface area contributed by atoms with Crippen LogP contribution >= 0.6 is 33.9 Å². The Morgan fingerprint density at radius 3 is 2.27 bits per heavy atom. The van der Waals surface area contributed by atoms with Crippen LogP contribution in [0.1, 0.15) is 17.5 Å². The lowest BCUT2D eigenvalue weighted by molar-refractivity contribution is -0.686. The van der Waals surface area contributed by atoms with Crippen molar-refractivity contribution in [2.75, 3.05) is 0 Å². The molecule has 0 spiro atoms. The van der Waals surface area contributed by atoms with Crippen LogP contribution in [0.5, 0.6) is 0 Å². The van der Waals surface area contributed by atoms with Crippen LogP contribution in [0.2, 0.25) is 0 Å². The van der Waals surface area contributed by atoms with Gasteiger partial charge in [-0.1, -0.05) is 18.3 Å². The number of rotatable bonds is 1. The summed E-state index contributed by atoms with van der Waals surface area (Å²) < 4.78 is 3.63. The summed E-state index contributed by atoms with van der Waals surface area (Å²) in [4.78, 5) is 1.45. The zero-order valence-corrected chi connectivity index (χ0v) is 11.9. The highest BCUT2D eigenvalue weighted by Gasteiger charge is 2.15. The van der Waals surface area contributed by atoms with Gasteiger partial charge in [0.05, 0.1) is 27.5 Å². The summed E-state index contributed by atoms with van der Waals surface area (Å²) in [5.74, 6) is 0. The summed E-state index contributed by atoms with van der Waals surface area (Å²) in [6.45, 7) is 4.39. The number of hydrogen-bond donors (Lipinski definition) is 0. The number of nitrogens with zero attached hydrogens (tertiary/aromatic N) is 1. The average Bonchev–Trinajstić information content (AvgIpc) is 2.09. The van der Waals surface area contributed by atoms with Crippen LogP contribution in [0.3, 0.4) is 0 Å². The molecular weight excluding hydrogens is 384 g/mol. The standard InChI is InChI=1S/C7H11INS.HI/c1-4-6-5(2)10-7(8)9(6)3;/h4H2,1-3H3;1H/q+1;/p-1. The monoisotopic (exact) mass is 395 g/mol. The minimum atomic E-state index is 0. The van der Waals surface area contributed by atoms with Crippen molar-refractivity contribution < 1.29 is 28.5 Å². The summed E-state index contributed by atoms with van der Waals surface area (Å²) in [7, 11) is 2.13. The molecule has 0 saturated heterocycles. The van der Waals surface area contributed by atoms with E-state index in [2.05, 4.69) is 48.1 Å². The molecule has 0 N–H and O–H groups in total. The van der Waals surface area contributed by atoms with E-state index in [9.17, 15) is 0 Å². The van der Waals surface area contributed by atoms with E-state index in [4.69, 9.17) is 0 Å². The van der Waals surface area contributed by atoms with Gasteiger partial charge in [-0.05, 0) is 6.92 Å². The lowest BCUT2D eigenvalue weighted by atomic mass is 10.3. The van der Waals surface area contributed by atoms with Crippen LogP contribution in [0, 0.1) is 9.94 Å². The Hall–Kier alpha value is 1.09. The third-order valence-electron chi connectivity index (χ3n) is 1.65. The maximum Gasteiger partial charge on any atom is 0.297 e. The smallest absolute Gasteiger partial charge is 0.297 e. The first-order chi connectivity index (χ1) is 4.66. The van der Waals surface area contributed by atoms with Gasteiger partial charge in [-0.25, -0.2) is 0 Å². The van der Waals surface area contributed by atoms with Crippen molar-refractivity contribution in [3.63, 3.8) is 0 Å². The largest absolute Gasteiger partial charge is 1.00 e. The molecule has 1 rings (SSSR count). The molecule has 0 aliphatic rings. The Labute approximate surface area is 102 Å². The summed E-state index contributed by atoms with van der Waals surface area (Å²) in [5, 5.41) is 0. The van der Waals surface area contributed by atoms with Crippen LogP contribution in [0.15, 0.2) is 0 Å². The van der Waals surface area contributed by atoms with Gasteiger partial charge in [0.15, 0.2) is 5.69 Å². The van der Waals surface area contributed by atoms with Gasteiger partial charge in [-0.2, -0.15) is 4.57 Å². The minimum absolute atomic E-state index is 0. The maximum absolute atomic E-state index is 2.38. The van der Waals surface area contributed by atoms with Crippen LogP contribution < -0.4 is 28.5 Å². The second-order valence-corrected chi connectivity index (χ2v) is 5.23. The molecular formula is C7H11I2NS. The van der Waals surface area contributed by atoms with Crippen molar-refractivity contribution in [1.82, 2.24) is 0 Å². The van der Waals surface area contributed by atoms with E-state index in [1.54, 1.807) is 0 Å². The number of thiazole rings is 1. The van der Waals surface area contributed by atoms with E-state index in [-0.39, 0.29) is 24.0 Å². The zero-order valence-electron chi connectivity index (χ0n) is 6.82. The molecule has 1 heterocycles. The van der Waals surface area contributed by atoms with Crippen molar-refractivity contribution in [3.8, 4) is 0 Å². The summed E-state index contributed by atoms with van der Waals surface area (Å²) in [6, 6.07) is 0. The third-order valence-corrected chi connectivity index (χ3v) is 4.02. The third kappa shape index (κ3) is 2.51. The van der Waals surface area contributed by atoms with Crippen molar-refractivity contribution in [3.05, 3.63) is 13.6 Å². The molecule has 0 saturated carbocycles. The fourth-order valence-electron chi connectivity index (χ4n) is 1.08. The van der Waals surface area contributed by atoms with E-state index < -0.39 is 0 Å². The van der Waals surface area contributed by atoms with Gasteiger partial charge in [0.25, 0.3) is 3.01 Å².